The Balaban J connectivity index is 1.83. The van der Waals surface area contributed by atoms with Gasteiger partial charge in [-0.25, -0.2) is 0 Å². The lowest BCUT2D eigenvalue weighted by atomic mass is 9.74. The van der Waals surface area contributed by atoms with Crippen LogP contribution in [-0.4, -0.2) is 27.1 Å². The first-order valence-corrected chi connectivity index (χ1v) is 10.5. The number of anilines is 1. The van der Waals surface area contributed by atoms with Gasteiger partial charge in [-0.05, 0) is 52.9 Å². The zero-order chi connectivity index (χ0) is 21.5. The van der Waals surface area contributed by atoms with Gasteiger partial charge >= 0.3 is 0 Å². The smallest absolute Gasteiger partial charge is 0.203 e. The highest BCUT2D eigenvalue weighted by Gasteiger charge is 2.37. The highest BCUT2D eigenvalue weighted by Crippen LogP contribution is 2.50. The SMILES string of the molecule is COc1cc(C2C3=C(CCCC3=O)Nc3ccc4ccccc4c32)cc(OC)c1OC. The van der Waals surface area contributed by atoms with Gasteiger partial charge in [-0.15, -0.1) is 0 Å². The van der Waals surface area contributed by atoms with Crippen molar-refractivity contribution in [3.63, 3.8) is 0 Å². The normalized spacial score (nSPS) is 17.6. The van der Waals surface area contributed by atoms with Crippen LogP contribution in [-0.2, 0) is 4.79 Å². The van der Waals surface area contributed by atoms with E-state index in [0.717, 1.165) is 51.7 Å². The Morgan fingerprint density at radius 2 is 1.65 bits per heavy atom. The van der Waals surface area contributed by atoms with Crippen molar-refractivity contribution in [1.82, 2.24) is 0 Å². The number of carbonyl (C=O) groups is 1. The van der Waals surface area contributed by atoms with E-state index in [1.807, 2.05) is 24.3 Å². The van der Waals surface area contributed by atoms with Gasteiger partial charge in [-0.3, -0.25) is 4.79 Å². The van der Waals surface area contributed by atoms with Gasteiger partial charge in [0.15, 0.2) is 17.3 Å². The van der Waals surface area contributed by atoms with Gasteiger partial charge in [0.05, 0.1) is 21.3 Å². The van der Waals surface area contributed by atoms with E-state index in [1.165, 1.54) is 0 Å². The fourth-order valence-electron chi connectivity index (χ4n) is 4.95. The van der Waals surface area contributed by atoms with E-state index >= 15 is 0 Å². The zero-order valence-corrected chi connectivity index (χ0v) is 18.0. The Bertz CT molecular complexity index is 1200. The van der Waals surface area contributed by atoms with Crippen LogP contribution in [0.25, 0.3) is 10.8 Å². The number of benzene rings is 3. The van der Waals surface area contributed by atoms with Crippen molar-refractivity contribution in [2.45, 2.75) is 25.2 Å². The number of Topliss-reactive ketones (excluding diaryl/α,β-unsaturated/α-hetero) is 1. The van der Waals surface area contributed by atoms with Gasteiger partial charge in [0.25, 0.3) is 0 Å². The molecule has 31 heavy (non-hydrogen) atoms. The van der Waals surface area contributed by atoms with Gasteiger partial charge in [-0.2, -0.15) is 0 Å². The average molecular weight is 415 g/mol. The molecule has 5 nitrogen and oxygen atoms in total. The monoisotopic (exact) mass is 415 g/mol. The topological polar surface area (TPSA) is 56.8 Å². The molecule has 1 aliphatic heterocycles. The zero-order valence-electron chi connectivity index (χ0n) is 18.0. The van der Waals surface area contributed by atoms with Crippen LogP contribution >= 0.6 is 0 Å². The van der Waals surface area contributed by atoms with Gasteiger partial charge in [0.2, 0.25) is 5.75 Å². The quantitative estimate of drug-likeness (QED) is 0.616. The number of carbonyl (C=O) groups excluding carboxylic acids is 1. The van der Waals surface area contributed by atoms with Crippen molar-refractivity contribution >= 4 is 22.2 Å². The molecule has 0 amide bonds. The van der Waals surface area contributed by atoms with E-state index in [0.29, 0.717) is 23.7 Å². The average Bonchev–Trinajstić information content (AvgIpc) is 2.81. The van der Waals surface area contributed by atoms with Crippen LogP contribution in [0.1, 0.15) is 36.3 Å². The molecule has 158 valence electrons. The second-order valence-corrected chi connectivity index (χ2v) is 7.93. The fourth-order valence-corrected chi connectivity index (χ4v) is 4.95. The van der Waals surface area contributed by atoms with Gasteiger partial charge in [0, 0.05) is 29.3 Å². The van der Waals surface area contributed by atoms with Crippen LogP contribution in [0.4, 0.5) is 5.69 Å². The Morgan fingerprint density at radius 3 is 2.35 bits per heavy atom. The molecule has 3 aromatic carbocycles. The number of allylic oxidation sites excluding steroid dienone is 2. The van der Waals surface area contributed by atoms with E-state index in [1.54, 1.807) is 21.3 Å². The lowest BCUT2D eigenvalue weighted by Gasteiger charge is -2.35. The molecule has 0 bridgehead atoms. The molecular formula is C26H25NO4. The molecule has 0 aromatic heterocycles. The summed E-state index contributed by atoms with van der Waals surface area (Å²) in [6.45, 7) is 0. The third kappa shape index (κ3) is 3.03. The molecule has 0 radical (unpaired) electrons. The number of hydrogen-bond donors (Lipinski definition) is 1. The summed E-state index contributed by atoms with van der Waals surface area (Å²) in [4.78, 5) is 13.2. The number of ether oxygens (including phenoxy) is 3. The fraction of sp³-hybridized carbons (Fsp3) is 0.269. The molecule has 1 aliphatic carbocycles. The maximum Gasteiger partial charge on any atom is 0.203 e. The van der Waals surface area contributed by atoms with Gasteiger partial charge in [-0.1, -0.05) is 30.3 Å². The molecule has 2 aliphatic rings. The van der Waals surface area contributed by atoms with Crippen LogP contribution in [0.15, 0.2) is 59.8 Å². The highest BCUT2D eigenvalue weighted by molar-refractivity contribution is 6.04. The standard InChI is InChI=1S/C26H25NO4/c1-29-21-13-16(14-22(30-2)26(21)31-3)23-24-17-8-5-4-7-15(17)11-12-19(24)27-18-9-6-10-20(28)25(18)23/h4-5,7-8,11-14,23,27H,6,9-10H2,1-3H3. The summed E-state index contributed by atoms with van der Waals surface area (Å²) >= 11 is 0. The maximum absolute atomic E-state index is 13.2. The second kappa shape index (κ2) is 7.65. The Hall–Kier alpha value is -3.47. The molecule has 5 heteroatoms. The summed E-state index contributed by atoms with van der Waals surface area (Å²) in [5, 5.41) is 5.85. The molecule has 1 N–H and O–H groups in total. The van der Waals surface area contributed by atoms with Crippen LogP contribution in [0, 0.1) is 0 Å². The Kier molecular flexibility index (Phi) is 4.81. The summed E-state index contributed by atoms with van der Waals surface area (Å²) < 4.78 is 16.8. The third-order valence-corrected chi connectivity index (χ3v) is 6.31. The number of nitrogens with one attached hydrogen (secondary N) is 1. The van der Waals surface area contributed by atoms with Crippen molar-refractivity contribution in [3.05, 3.63) is 70.9 Å². The number of hydrogen-bond acceptors (Lipinski definition) is 5. The first-order chi connectivity index (χ1) is 15.2. The second-order valence-electron chi connectivity index (χ2n) is 7.93. The predicted molar refractivity (Wildman–Crippen MR) is 121 cm³/mol. The molecule has 0 saturated carbocycles. The molecular weight excluding hydrogens is 390 g/mol. The molecule has 1 heterocycles. The van der Waals surface area contributed by atoms with Crippen LogP contribution in [0.2, 0.25) is 0 Å². The van der Waals surface area contributed by atoms with E-state index in [2.05, 4.69) is 29.6 Å². The molecule has 0 saturated heterocycles. The lowest BCUT2D eigenvalue weighted by Crippen LogP contribution is -2.27. The number of ketones is 1. The number of rotatable bonds is 4. The molecule has 1 atom stereocenters. The highest BCUT2D eigenvalue weighted by atomic mass is 16.5. The number of fused-ring (bicyclic) bond motifs is 3. The van der Waals surface area contributed by atoms with Gasteiger partial charge < -0.3 is 19.5 Å². The largest absolute Gasteiger partial charge is 0.493 e. The summed E-state index contributed by atoms with van der Waals surface area (Å²) in [5.74, 6) is 1.71. The van der Waals surface area contributed by atoms with Crippen molar-refractivity contribution in [2.75, 3.05) is 26.6 Å². The van der Waals surface area contributed by atoms with Crippen molar-refractivity contribution < 1.29 is 19.0 Å². The predicted octanol–water partition coefficient (Wildman–Crippen LogP) is 5.43. The maximum atomic E-state index is 13.2. The lowest BCUT2D eigenvalue weighted by molar-refractivity contribution is -0.116. The minimum Gasteiger partial charge on any atom is -0.493 e. The summed E-state index contributed by atoms with van der Waals surface area (Å²) in [6, 6.07) is 16.5. The minimum absolute atomic E-state index is 0.200. The van der Waals surface area contributed by atoms with Crippen molar-refractivity contribution in [3.8, 4) is 17.2 Å². The van der Waals surface area contributed by atoms with Crippen LogP contribution in [0.3, 0.4) is 0 Å². The van der Waals surface area contributed by atoms with E-state index in [9.17, 15) is 4.79 Å². The summed E-state index contributed by atoms with van der Waals surface area (Å²) in [5.41, 5.74) is 4.99. The molecule has 1 unspecified atom stereocenters. The van der Waals surface area contributed by atoms with Crippen molar-refractivity contribution in [1.29, 1.82) is 0 Å². The molecule has 0 spiro atoms. The summed E-state index contributed by atoms with van der Waals surface area (Å²) in [7, 11) is 4.82. The minimum atomic E-state index is -0.209. The van der Waals surface area contributed by atoms with E-state index in [4.69, 9.17) is 14.2 Å². The van der Waals surface area contributed by atoms with Crippen LogP contribution in [0.5, 0.6) is 17.2 Å². The summed E-state index contributed by atoms with van der Waals surface area (Å²) in [6.07, 6.45) is 2.31. The Labute approximate surface area is 181 Å². The first-order valence-electron chi connectivity index (χ1n) is 10.5. The van der Waals surface area contributed by atoms with E-state index in [-0.39, 0.29) is 11.7 Å². The molecule has 5 rings (SSSR count). The molecule has 3 aromatic rings. The third-order valence-electron chi connectivity index (χ3n) is 6.31. The van der Waals surface area contributed by atoms with Crippen molar-refractivity contribution in [2.24, 2.45) is 0 Å². The van der Waals surface area contributed by atoms with Crippen LogP contribution < -0.4 is 19.5 Å². The number of methoxy groups -OCH3 is 3. The first kappa shape index (κ1) is 19.5. The molecule has 0 fully saturated rings. The Morgan fingerprint density at radius 1 is 0.903 bits per heavy atom. The van der Waals surface area contributed by atoms with E-state index < -0.39 is 0 Å². The van der Waals surface area contributed by atoms with Gasteiger partial charge in [0.1, 0.15) is 0 Å².